The summed E-state index contributed by atoms with van der Waals surface area (Å²) in [6.45, 7) is 2.66. The Hall–Kier alpha value is -0.710. The van der Waals surface area contributed by atoms with E-state index in [0.717, 1.165) is 25.0 Å². The second-order valence-corrected chi connectivity index (χ2v) is 5.12. The van der Waals surface area contributed by atoms with E-state index in [-0.39, 0.29) is 5.91 Å². The fraction of sp³-hybridized carbons (Fsp3) is 0.818. The van der Waals surface area contributed by atoms with E-state index < -0.39 is 12.0 Å². The van der Waals surface area contributed by atoms with Crippen molar-refractivity contribution in [3.8, 4) is 0 Å². The summed E-state index contributed by atoms with van der Waals surface area (Å²) in [7, 11) is 0. The van der Waals surface area contributed by atoms with Crippen molar-refractivity contribution in [2.24, 2.45) is 0 Å². The zero-order valence-electron chi connectivity index (χ0n) is 9.65. The molecule has 1 amide bonds. The van der Waals surface area contributed by atoms with E-state index in [1.807, 2.05) is 0 Å². The van der Waals surface area contributed by atoms with Crippen LogP contribution in [0.1, 0.15) is 32.6 Å². The highest BCUT2D eigenvalue weighted by atomic mass is 32.2. The minimum Gasteiger partial charge on any atom is -0.480 e. The van der Waals surface area contributed by atoms with Crippen LogP contribution in [0.4, 0.5) is 0 Å². The quantitative estimate of drug-likeness (QED) is 0.747. The molecular weight excluding hydrogens is 226 g/mol. The standard InChI is InChI=1S/C11H19NO3S/c1-2-3-4-5-10(13)12-6-7-16-8-9(12)11(14)15/h9H,2-8H2,1H3,(H,14,15). The van der Waals surface area contributed by atoms with Gasteiger partial charge in [-0.25, -0.2) is 4.79 Å². The second-order valence-electron chi connectivity index (χ2n) is 3.97. The molecule has 1 N–H and O–H groups in total. The number of rotatable bonds is 5. The molecule has 1 aliphatic rings. The summed E-state index contributed by atoms with van der Waals surface area (Å²) in [5.41, 5.74) is 0. The molecule has 1 heterocycles. The molecule has 0 bridgehead atoms. The van der Waals surface area contributed by atoms with Crippen LogP contribution in [0.15, 0.2) is 0 Å². The molecule has 0 aromatic rings. The van der Waals surface area contributed by atoms with Crippen molar-refractivity contribution >= 4 is 23.6 Å². The van der Waals surface area contributed by atoms with Gasteiger partial charge in [0.2, 0.25) is 5.91 Å². The van der Waals surface area contributed by atoms with Crippen LogP contribution in [0, 0.1) is 0 Å². The monoisotopic (exact) mass is 245 g/mol. The van der Waals surface area contributed by atoms with E-state index in [1.165, 1.54) is 4.90 Å². The summed E-state index contributed by atoms with van der Waals surface area (Å²) in [5.74, 6) is 0.496. The molecule has 92 valence electrons. The van der Waals surface area contributed by atoms with Gasteiger partial charge in [-0.15, -0.1) is 0 Å². The topological polar surface area (TPSA) is 57.6 Å². The third kappa shape index (κ3) is 3.70. The molecule has 0 aromatic carbocycles. The molecule has 0 saturated carbocycles. The molecule has 0 aromatic heterocycles. The summed E-state index contributed by atoms with van der Waals surface area (Å²) < 4.78 is 0. The minimum atomic E-state index is -0.879. The minimum absolute atomic E-state index is 0.00106. The highest BCUT2D eigenvalue weighted by Gasteiger charge is 2.31. The van der Waals surface area contributed by atoms with Crippen molar-refractivity contribution in [3.05, 3.63) is 0 Å². The Balaban J connectivity index is 2.47. The fourth-order valence-corrected chi connectivity index (χ4v) is 2.81. The maximum absolute atomic E-state index is 11.8. The van der Waals surface area contributed by atoms with E-state index in [1.54, 1.807) is 11.8 Å². The summed E-state index contributed by atoms with van der Waals surface area (Å²) in [6, 6.07) is -0.618. The van der Waals surface area contributed by atoms with Gasteiger partial charge in [0, 0.05) is 24.5 Å². The largest absolute Gasteiger partial charge is 0.480 e. The Bertz CT molecular complexity index is 258. The smallest absolute Gasteiger partial charge is 0.327 e. The van der Waals surface area contributed by atoms with Gasteiger partial charge < -0.3 is 10.0 Å². The Labute approximate surface area is 100 Å². The molecule has 0 radical (unpaired) electrons. The van der Waals surface area contributed by atoms with Crippen LogP contribution >= 0.6 is 11.8 Å². The first-order valence-corrected chi connectivity index (χ1v) is 6.92. The van der Waals surface area contributed by atoms with Crippen LogP contribution in [0.5, 0.6) is 0 Å². The Morgan fingerprint density at radius 2 is 2.19 bits per heavy atom. The van der Waals surface area contributed by atoms with Gasteiger partial charge in [0.1, 0.15) is 6.04 Å². The van der Waals surface area contributed by atoms with Gasteiger partial charge in [-0.1, -0.05) is 19.8 Å². The normalized spacial score (nSPS) is 20.8. The maximum atomic E-state index is 11.8. The summed E-state index contributed by atoms with van der Waals surface area (Å²) >= 11 is 1.61. The van der Waals surface area contributed by atoms with Crippen molar-refractivity contribution in [2.75, 3.05) is 18.1 Å². The van der Waals surface area contributed by atoms with Crippen LogP contribution in [0.2, 0.25) is 0 Å². The lowest BCUT2D eigenvalue weighted by Crippen LogP contribution is -2.50. The summed E-state index contributed by atoms with van der Waals surface area (Å²) in [6.07, 6.45) is 3.46. The number of carboxylic acids is 1. The predicted octanol–water partition coefficient (Wildman–Crippen LogP) is 1.60. The zero-order valence-corrected chi connectivity index (χ0v) is 10.5. The number of carbonyl (C=O) groups excluding carboxylic acids is 1. The molecule has 1 unspecified atom stereocenters. The number of hydrogen-bond donors (Lipinski definition) is 1. The zero-order chi connectivity index (χ0) is 12.0. The van der Waals surface area contributed by atoms with Gasteiger partial charge in [0.05, 0.1) is 0 Å². The third-order valence-corrected chi connectivity index (χ3v) is 3.75. The molecule has 5 heteroatoms. The Kier molecular flexibility index (Phi) is 5.66. The van der Waals surface area contributed by atoms with Gasteiger partial charge in [-0.05, 0) is 6.42 Å². The van der Waals surface area contributed by atoms with E-state index in [4.69, 9.17) is 5.11 Å². The maximum Gasteiger partial charge on any atom is 0.327 e. The van der Waals surface area contributed by atoms with Crippen LogP contribution < -0.4 is 0 Å². The number of nitrogens with zero attached hydrogens (tertiary/aromatic N) is 1. The average molecular weight is 245 g/mol. The number of thioether (sulfide) groups is 1. The number of carbonyl (C=O) groups is 2. The fourth-order valence-electron chi connectivity index (χ4n) is 1.78. The molecule has 1 atom stereocenters. The van der Waals surface area contributed by atoms with Gasteiger partial charge in [-0.2, -0.15) is 11.8 Å². The molecule has 4 nitrogen and oxygen atoms in total. The Morgan fingerprint density at radius 3 is 2.81 bits per heavy atom. The van der Waals surface area contributed by atoms with Crippen LogP contribution in [0.25, 0.3) is 0 Å². The van der Waals surface area contributed by atoms with Crippen LogP contribution in [-0.4, -0.2) is 46.0 Å². The Morgan fingerprint density at radius 1 is 1.44 bits per heavy atom. The molecule has 1 aliphatic heterocycles. The molecular formula is C11H19NO3S. The average Bonchev–Trinajstić information content (AvgIpc) is 2.29. The SMILES string of the molecule is CCCCCC(=O)N1CCSCC1C(=O)O. The van der Waals surface area contributed by atoms with Gasteiger partial charge >= 0.3 is 5.97 Å². The lowest BCUT2D eigenvalue weighted by molar-refractivity contribution is -0.149. The van der Waals surface area contributed by atoms with Gasteiger partial charge in [0.25, 0.3) is 0 Å². The molecule has 1 fully saturated rings. The van der Waals surface area contributed by atoms with Crippen LogP contribution in [-0.2, 0) is 9.59 Å². The molecule has 1 saturated heterocycles. The van der Waals surface area contributed by atoms with Gasteiger partial charge in [-0.3, -0.25) is 4.79 Å². The first-order valence-electron chi connectivity index (χ1n) is 5.76. The lowest BCUT2D eigenvalue weighted by atomic mass is 10.1. The van der Waals surface area contributed by atoms with E-state index in [2.05, 4.69) is 6.92 Å². The van der Waals surface area contributed by atoms with E-state index in [9.17, 15) is 9.59 Å². The van der Waals surface area contributed by atoms with Gasteiger partial charge in [0.15, 0.2) is 0 Å². The van der Waals surface area contributed by atoms with E-state index in [0.29, 0.717) is 18.7 Å². The number of carboxylic acid groups (broad SMARTS) is 1. The highest BCUT2D eigenvalue weighted by molar-refractivity contribution is 7.99. The summed E-state index contributed by atoms with van der Waals surface area (Å²) in [5, 5.41) is 9.02. The number of unbranched alkanes of at least 4 members (excludes halogenated alkanes) is 2. The third-order valence-electron chi connectivity index (χ3n) is 2.73. The predicted molar refractivity (Wildman–Crippen MR) is 64.6 cm³/mol. The van der Waals surface area contributed by atoms with Crippen molar-refractivity contribution in [1.29, 1.82) is 0 Å². The molecule has 1 rings (SSSR count). The van der Waals surface area contributed by atoms with Crippen molar-refractivity contribution in [3.63, 3.8) is 0 Å². The highest BCUT2D eigenvalue weighted by Crippen LogP contribution is 2.18. The number of aliphatic carboxylic acids is 1. The number of amides is 1. The first-order chi connectivity index (χ1) is 7.66. The molecule has 16 heavy (non-hydrogen) atoms. The molecule has 0 spiro atoms. The first kappa shape index (κ1) is 13.4. The van der Waals surface area contributed by atoms with E-state index >= 15 is 0 Å². The number of hydrogen-bond acceptors (Lipinski definition) is 3. The van der Waals surface area contributed by atoms with Crippen molar-refractivity contribution in [2.45, 2.75) is 38.6 Å². The van der Waals surface area contributed by atoms with Crippen LogP contribution in [0.3, 0.4) is 0 Å². The van der Waals surface area contributed by atoms with Crippen molar-refractivity contribution in [1.82, 2.24) is 4.90 Å². The van der Waals surface area contributed by atoms with Crippen molar-refractivity contribution < 1.29 is 14.7 Å². The lowest BCUT2D eigenvalue weighted by Gasteiger charge is -2.32. The second kappa shape index (κ2) is 6.78. The molecule has 0 aliphatic carbocycles. The summed E-state index contributed by atoms with van der Waals surface area (Å²) in [4.78, 5) is 24.4.